The molecule has 30 heavy (non-hydrogen) atoms. The molecule has 7 heteroatoms. The van der Waals surface area contributed by atoms with Gasteiger partial charge in [-0.05, 0) is 31.9 Å². The highest BCUT2D eigenvalue weighted by molar-refractivity contribution is 5.94. The van der Waals surface area contributed by atoms with Gasteiger partial charge in [0.25, 0.3) is 5.91 Å². The van der Waals surface area contributed by atoms with Crippen molar-refractivity contribution in [2.75, 3.05) is 13.1 Å². The summed E-state index contributed by atoms with van der Waals surface area (Å²) >= 11 is 0. The minimum absolute atomic E-state index is 0.0556. The molecule has 3 aromatic heterocycles. The summed E-state index contributed by atoms with van der Waals surface area (Å²) in [6, 6.07) is 5.44. The SMILES string of the molecule is Cc1cc(-c2cnc(C(C)(C)C)nc2C2CCN(C(=O)c3ccncc3)CC2)on1. The molecule has 0 unspecified atom stereocenters. The lowest BCUT2D eigenvalue weighted by Gasteiger charge is -2.32. The molecule has 1 amide bonds. The van der Waals surface area contributed by atoms with Crippen LogP contribution >= 0.6 is 0 Å². The van der Waals surface area contributed by atoms with Gasteiger partial charge in [0.05, 0.1) is 17.0 Å². The second-order valence-electron chi connectivity index (χ2n) is 8.88. The van der Waals surface area contributed by atoms with E-state index in [0.717, 1.165) is 35.6 Å². The Kier molecular flexibility index (Phi) is 5.37. The molecular formula is C23H27N5O2. The summed E-state index contributed by atoms with van der Waals surface area (Å²) in [6.45, 7) is 9.62. The van der Waals surface area contributed by atoms with Gasteiger partial charge in [-0.3, -0.25) is 9.78 Å². The van der Waals surface area contributed by atoms with Crippen LogP contribution in [0.3, 0.4) is 0 Å². The second kappa shape index (κ2) is 7.97. The summed E-state index contributed by atoms with van der Waals surface area (Å²) in [6.07, 6.45) is 6.85. The lowest BCUT2D eigenvalue weighted by Crippen LogP contribution is -2.38. The van der Waals surface area contributed by atoms with E-state index in [9.17, 15) is 4.79 Å². The fourth-order valence-corrected chi connectivity index (χ4v) is 3.78. The Morgan fingerprint density at radius 3 is 2.47 bits per heavy atom. The van der Waals surface area contributed by atoms with Crippen LogP contribution in [0.1, 0.15) is 67.1 Å². The van der Waals surface area contributed by atoms with Crippen molar-refractivity contribution in [2.45, 2.75) is 51.9 Å². The van der Waals surface area contributed by atoms with Gasteiger partial charge in [0.15, 0.2) is 5.76 Å². The lowest BCUT2D eigenvalue weighted by atomic mass is 9.88. The Morgan fingerprint density at radius 2 is 1.87 bits per heavy atom. The molecule has 0 bridgehead atoms. The van der Waals surface area contributed by atoms with E-state index >= 15 is 0 Å². The molecule has 0 N–H and O–H groups in total. The average molecular weight is 406 g/mol. The molecule has 0 aromatic carbocycles. The Balaban J connectivity index is 1.59. The number of piperidine rings is 1. The molecule has 7 nitrogen and oxygen atoms in total. The summed E-state index contributed by atoms with van der Waals surface area (Å²) in [7, 11) is 0. The van der Waals surface area contributed by atoms with Crippen LogP contribution in [-0.4, -0.2) is 44.0 Å². The molecule has 0 radical (unpaired) electrons. The van der Waals surface area contributed by atoms with Crippen molar-refractivity contribution in [3.63, 3.8) is 0 Å². The van der Waals surface area contributed by atoms with Crippen molar-refractivity contribution in [3.8, 4) is 11.3 Å². The monoisotopic (exact) mass is 405 g/mol. The highest BCUT2D eigenvalue weighted by Gasteiger charge is 2.30. The van der Waals surface area contributed by atoms with Crippen molar-refractivity contribution in [2.24, 2.45) is 0 Å². The average Bonchev–Trinajstić information content (AvgIpc) is 3.19. The number of rotatable bonds is 3. The van der Waals surface area contributed by atoms with Crippen molar-refractivity contribution < 1.29 is 9.32 Å². The highest BCUT2D eigenvalue weighted by Crippen LogP contribution is 2.35. The van der Waals surface area contributed by atoms with Crippen molar-refractivity contribution >= 4 is 5.91 Å². The molecular weight excluding hydrogens is 378 g/mol. The Bertz CT molecular complexity index is 1030. The van der Waals surface area contributed by atoms with Gasteiger partial charge in [-0.15, -0.1) is 0 Å². The molecule has 4 rings (SSSR count). The van der Waals surface area contributed by atoms with Crippen molar-refractivity contribution in [3.05, 3.63) is 59.6 Å². The molecule has 0 atom stereocenters. The van der Waals surface area contributed by atoms with Crippen LogP contribution in [0.2, 0.25) is 0 Å². The highest BCUT2D eigenvalue weighted by atomic mass is 16.5. The number of nitrogens with zero attached hydrogens (tertiary/aromatic N) is 5. The zero-order valence-electron chi connectivity index (χ0n) is 17.9. The van der Waals surface area contributed by atoms with Crippen LogP contribution in [0.15, 0.2) is 41.3 Å². The minimum atomic E-state index is -0.150. The van der Waals surface area contributed by atoms with Crippen LogP contribution in [0, 0.1) is 6.92 Å². The maximum atomic E-state index is 12.8. The van der Waals surface area contributed by atoms with Gasteiger partial charge in [0.1, 0.15) is 5.82 Å². The maximum Gasteiger partial charge on any atom is 0.253 e. The summed E-state index contributed by atoms with van der Waals surface area (Å²) in [4.78, 5) is 28.3. The fraction of sp³-hybridized carbons (Fsp3) is 0.435. The number of aryl methyl sites for hydroxylation is 1. The second-order valence-corrected chi connectivity index (χ2v) is 8.88. The smallest absolute Gasteiger partial charge is 0.253 e. The number of aromatic nitrogens is 4. The largest absolute Gasteiger partial charge is 0.356 e. The number of hydrogen-bond donors (Lipinski definition) is 0. The molecule has 3 aromatic rings. The van der Waals surface area contributed by atoms with E-state index in [1.165, 1.54) is 0 Å². The summed E-state index contributed by atoms with van der Waals surface area (Å²) in [5.41, 5.74) is 3.24. The number of hydrogen-bond acceptors (Lipinski definition) is 6. The van der Waals surface area contributed by atoms with Crippen LogP contribution < -0.4 is 0 Å². The van der Waals surface area contributed by atoms with Crippen LogP contribution in [0.5, 0.6) is 0 Å². The maximum absolute atomic E-state index is 12.8. The normalized spacial score (nSPS) is 15.4. The first-order valence-electron chi connectivity index (χ1n) is 10.3. The standard InChI is InChI=1S/C23H27N5O2/c1-15-13-19(30-27-15)18-14-25-22(23(2,3)4)26-20(18)16-7-11-28(12-8-16)21(29)17-5-9-24-10-6-17/h5-6,9-10,13-14,16H,7-8,11-12H2,1-4H3. The van der Waals surface area contributed by atoms with Crippen molar-refractivity contribution in [1.82, 2.24) is 25.0 Å². The van der Waals surface area contributed by atoms with E-state index < -0.39 is 0 Å². The predicted octanol–water partition coefficient (Wildman–Crippen LogP) is 4.15. The van der Waals surface area contributed by atoms with Gasteiger partial charge in [0, 0.05) is 54.6 Å². The van der Waals surface area contributed by atoms with Crippen LogP contribution in [0.25, 0.3) is 11.3 Å². The van der Waals surface area contributed by atoms with Gasteiger partial charge in [-0.1, -0.05) is 25.9 Å². The zero-order valence-corrected chi connectivity index (χ0v) is 17.9. The molecule has 4 heterocycles. The van der Waals surface area contributed by atoms with Crippen LogP contribution in [0.4, 0.5) is 0 Å². The van der Waals surface area contributed by atoms with Gasteiger partial charge in [-0.25, -0.2) is 9.97 Å². The number of pyridine rings is 1. The summed E-state index contributed by atoms with van der Waals surface area (Å²) < 4.78 is 5.52. The van der Waals surface area contributed by atoms with E-state index in [-0.39, 0.29) is 17.2 Å². The number of carbonyl (C=O) groups is 1. The first kappa shape index (κ1) is 20.2. The molecule has 0 spiro atoms. The van der Waals surface area contributed by atoms with Crippen LogP contribution in [-0.2, 0) is 5.41 Å². The van der Waals surface area contributed by atoms with Gasteiger partial charge in [0.2, 0.25) is 0 Å². The first-order chi connectivity index (χ1) is 14.3. The fourth-order valence-electron chi connectivity index (χ4n) is 3.78. The predicted molar refractivity (Wildman–Crippen MR) is 113 cm³/mol. The van der Waals surface area contributed by atoms with Gasteiger partial charge >= 0.3 is 0 Å². The summed E-state index contributed by atoms with van der Waals surface area (Å²) in [5.74, 6) is 1.79. The van der Waals surface area contributed by atoms with Gasteiger partial charge < -0.3 is 9.42 Å². The van der Waals surface area contributed by atoms with E-state index in [1.807, 2.05) is 24.1 Å². The third-order valence-electron chi connectivity index (χ3n) is 5.48. The molecule has 156 valence electrons. The first-order valence-corrected chi connectivity index (χ1v) is 10.3. The van der Waals surface area contributed by atoms with E-state index in [1.54, 1.807) is 24.5 Å². The number of carbonyl (C=O) groups excluding carboxylic acids is 1. The topological polar surface area (TPSA) is 85.0 Å². The molecule has 1 saturated heterocycles. The Morgan fingerprint density at radius 1 is 1.17 bits per heavy atom. The molecule has 1 aliphatic rings. The zero-order chi connectivity index (χ0) is 21.3. The molecule has 0 saturated carbocycles. The lowest BCUT2D eigenvalue weighted by molar-refractivity contribution is 0.0712. The number of amides is 1. The van der Waals surface area contributed by atoms with E-state index in [2.05, 4.69) is 35.9 Å². The Labute approximate surface area is 176 Å². The van der Waals surface area contributed by atoms with E-state index in [0.29, 0.717) is 24.4 Å². The molecule has 0 aliphatic carbocycles. The van der Waals surface area contributed by atoms with Gasteiger partial charge in [-0.2, -0.15) is 0 Å². The minimum Gasteiger partial charge on any atom is -0.356 e. The molecule has 1 aliphatic heterocycles. The summed E-state index contributed by atoms with van der Waals surface area (Å²) in [5, 5.41) is 4.03. The number of likely N-dealkylation sites (tertiary alicyclic amines) is 1. The quantitative estimate of drug-likeness (QED) is 0.651. The van der Waals surface area contributed by atoms with E-state index in [4.69, 9.17) is 9.51 Å². The third-order valence-corrected chi connectivity index (χ3v) is 5.48. The molecule has 1 fully saturated rings. The third kappa shape index (κ3) is 4.10. The Hall–Kier alpha value is -3.09. The van der Waals surface area contributed by atoms with Crippen molar-refractivity contribution in [1.29, 1.82) is 0 Å².